The van der Waals surface area contributed by atoms with Gasteiger partial charge >= 0.3 is 5.97 Å². The number of carbonyl (C=O) groups is 1. The third kappa shape index (κ3) is 1.58. The topological polar surface area (TPSA) is 52.3 Å². The molecule has 0 aromatic carbocycles. The Bertz CT molecular complexity index is 363. The van der Waals surface area contributed by atoms with Crippen molar-refractivity contribution >= 4 is 17.3 Å². The summed E-state index contributed by atoms with van der Waals surface area (Å²) in [6.07, 6.45) is 3.38. The minimum absolute atomic E-state index is 0.0452. The van der Waals surface area contributed by atoms with E-state index in [-0.39, 0.29) is 11.4 Å². The quantitative estimate of drug-likeness (QED) is 0.799. The lowest BCUT2D eigenvalue weighted by Gasteiger charge is -2.41. The van der Waals surface area contributed by atoms with Crippen molar-refractivity contribution in [1.82, 2.24) is 0 Å². The lowest BCUT2D eigenvalue weighted by Crippen LogP contribution is -2.42. The van der Waals surface area contributed by atoms with Crippen molar-refractivity contribution in [2.24, 2.45) is 5.73 Å². The highest BCUT2D eigenvalue weighted by atomic mass is 32.1. The summed E-state index contributed by atoms with van der Waals surface area (Å²) < 4.78 is 4.77. The first kappa shape index (κ1) is 10.6. The van der Waals surface area contributed by atoms with E-state index >= 15 is 0 Å². The van der Waals surface area contributed by atoms with Gasteiger partial charge in [-0.2, -0.15) is 0 Å². The van der Waals surface area contributed by atoms with Gasteiger partial charge in [0.15, 0.2) is 0 Å². The molecular formula is C11H15NO2S. The fourth-order valence-electron chi connectivity index (χ4n) is 2.16. The molecule has 82 valence electrons. The van der Waals surface area contributed by atoms with Crippen LogP contribution < -0.4 is 5.73 Å². The van der Waals surface area contributed by atoms with E-state index in [0.29, 0.717) is 6.54 Å². The molecule has 4 heteroatoms. The summed E-state index contributed by atoms with van der Waals surface area (Å²) in [5, 5.41) is 1.94. The summed E-state index contributed by atoms with van der Waals surface area (Å²) >= 11 is 1.44. The number of ether oxygens (including phenoxy) is 1. The molecule has 1 saturated carbocycles. The Morgan fingerprint density at radius 2 is 2.40 bits per heavy atom. The van der Waals surface area contributed by atoms with Crippen LogP contribution in [-0.2, 0) is 10.2 Å². The lowest BCUT2D eigenvalue weighted by atomic mass is 9.64. The molecule has 1 aromatic heterocycles. The van der Waals surface area contributed by atoms with Crippen LogP contribution in [0.3, 0.4) is 0 Å². The summed E-state index contributed by atoms with van der Waals surface area (Å²) in [6, 6.07) is 2.02. The van der Waals surface area contributed by atoms with Crippen LogP contribution >= 0.6 is 11.3 Å². The normalized spacial score (nSPS) is 18.3. The molecule has 1 heterocycles. The molecule has 2 rings (SSSR count). The Balaban J connectivity index is 2.35. The van der Waals surface area contributed by atoms with Crippen LogP contribution in [-0.4, -0.2) is 19.6 Å². The van der Waals surface area contributed by atoms with Crippen LogP contribution in [0.15, 0.2) is 11.4 Å². The summed E-state index contributed by atoms with van der Waals surface area (Å²) in [4.78, 5) is 12.3. The van der Waals surface area contributed by atoms with E-state index in [2.05, 4.69) is 0 Å². The molecule has 0 amide bonds. The van der Waals surface area contributed by atoms with Gasteiger partial charge in [0.1, 0.15) is 4.88 Å². The SMILES string of the molecule is COC(=O)c1sccc1C1(CN)CCC1. The van der Waals surface area contributed by atoms with Crippen molar-refractivity contribution in [2.45, 2.75) is 24.7 Å². The van der Waals surface area contributed by atoms with E-state index in [4.69, 9.17) is 10.5 Å². The van der Waals surface area contributed by atoms with Crippen molar-refractivity contribution in [1.29, 1.82) is 0 Å². The number of esters is 1. The number of hydrogen-bond acceptors (Lipinski definition) is 4. The molecule has 15 heavy (non-hydrogen) atoms. The zero-order valence-electron chi connectivity index (χ0n) is 8.79. The maximum absolute atomic E-state index is 11.5. The molecule has 0 spiro atoms. The second-order valence-corrected chi connectivity index (χ2v) is 4.91. The Morgan fingerprint density at radius 3 is 2.87 bits per heavy atom. The molecule has 2 N–H and O–H groups in total. The first-order valence-corrected chi connectivity index (χ1v) is 5.98. The Kier molecular flexibility index (Phi) is 2.80. The van der Waals surface area contributed by atoms with Crippen molar-refractivity contribution in [2.75, 3.05) is 13.7 Å². The van der Waals surface area contributed by atoms with Gasteiger partial charge in [-0.25, -0.2) is 4.79 Å². The highest BCUT2D eigenvalue weighted by Crippen LogP contribution is 2.45. The zero-order valence-corrected chi connectivity index (χ0v) is 9.60. The first-order chi connectivity index (χ1) is 7.23. The molecule has 1 fully saturated rings. The Labute approximate surface area is 93.2 Å². The van der Waals surface area contributed by atoms with Crippen LogP contribution in [0.25, 0.3) is 0 Å². The van der Waals surface area contributed by atoms with Gasteiger partial charge in [-0.05, 0) is 29.9 Å². The fraction of sp³-hybridized carbons (Fsp3) is 0.545. The Hall–Kier alpha value is -0.870. The maximum Gasteiger partial charge on any atom is 0.348 e. The van der Waals surface area contributed by atoms with E-state index in [1.54, 1.807) is 0 Å². The summed E-state index contributed by atoms with van der Waals surface area (Å²) in [7, 11) is 1.42. The van der Waals surface area contributed by atoms with Gasteiger partial charge in [0, 0.05) is 12.0 Å². The van der Waals surface area contributed by atoms with Gasteiger partial charge in [-0.1, -0.05) is 6.42 Å². The maximum atomic E-state index is 11.5. The van der Waals surface area contributed by atoms with Crippen LogP contribution in [0.5, 0.6) is 0 Å². The largest absolute Gasteiger partial charge is 0.465 e. The summed E-state index contributed by atoms with van der Waals surface area (Å²) in [5.41, 5.74) is 6.96. The van der Waals surface area contributed by atoms with Gasteiger partial charge in [-0.15, -0.1) is 11.3 Å². The zero-order chi connectivity index (χ0) is 10.9. The molecular weight excluding hydrogens is 210 g/mol. The highest BCUT2D eigenvalue weighted by Gasteiger charge is 2.40. The van der Waals surface area contributed by atoms with E-state index in [1.807, 2.05) is 11.4 Å². The van der Waals surface area contributed by atoms with Gasteiger partial charge in [-0.3, -0.25) is 0 Å². The molecule has 1 aromatic rings. The van der Waals surface area contributed by atoms with Crippen molar-refractivity contribution in [3.8, 4) is 0 Å². The van der Waals surface area contributed by atoms with Crippen LogP contribution in [0.2, 0.25) is 0 Å². The molecule has 0 atom stereocenters. The average molecular weight is 225 g/mol. The monoisotopic (exact) mass is 225 g/mol. The van der Waals surface area contributed by atoms with Crippen molar-refractivity contribution < 1.29 is 9.53 Å². The van der Waals surface area contributed by atoms with Crippen LogP contribution in [0.1, 0.15) is 34.5 Å². The molecule has 0 saturated heterocycles. The van der Waals surface area contributed by atoms with Crippen molar-refractivity contribution in [3.63, 3.8) is 0 Å². The molecule has 1 aliphatic rings. The number of rotatable bonds is 3. The lowest BCUT2D eigenvalue weighted by molar-refractivity contribution is 0.0601. The number of carbonyl (C=O) groups excluding carboxylic acids is 1. The second-order valence-electron chi connectivity index (χ2n) is 3.99. The number of nitrogens with two attached hydrogens (primary N) is 1. The smallest absolute Gasteiger partial charge is 0.348 e. The fourth-order valence-corrected chi connectivity index (χ4v) is 3.10. The number of methoxy groups -OCH3 is 1. The average Bonchev–Trinajstić information content (AvgIpc) is 2.65. The minimum Gasteiger partial charge on any atom is -0.465 e. The van der Waals surface area contributed by atoms with E-state index < -0.39 is 0 Å². The van der Waals surface area contributed by atoms with Crippen LogP contribution in [0.4, 0.5) is 0 Å². The third-order valence-electron chi connectivity index (χ3n) is 3.31. The molecule has 0 bridgehead atoms. The first-order valence-electron chi connectivity index (χ1n) is 5.10. The molecule has 0 radical (unpaired) electrons. The Morgan fingerprint density at radius 1 is 1.67 bits per heavy atom. The highest BCUT2D eigenvalue weighted by molar-refractivity contribution is 7.12. The molecule has 0 unspecified atom stereocenters. The van der Waals surface area contributed by atoms with E-state index in [1.165, 1.54) is 24.9 Å². The third-order valence-corrected chi connectivity index (χ3v) is 4.20. The molecule has 1 aliphatic carbocycles. The van der Waals surface area contributed by atoms with E-state index in [0.717, 1.165) is 23.3 Å². The van der Waals surface area contributed by atoms with Gasteiger partial charge in [0.05, 0.1) is 7.11 Å². The standard InChI is InChI=1S/C11H15NO2S/c1-14-10(13)9-8(3-6-15-9)11(7-12)4-2-5-11/h3,6H,2,4-5,7,12H2,1H3. The van der Waals surface area contributed by atoms with Gasteiger partial charge in [0.2, 0.25) is 0 Å². The minimum atomic E-state index is -0.236. The number of hydrogen-bond donors (Lipinski definition) is 1. The molecule has 3 nitrogen and oxygen atoms in total. The predicted octanol–water partition coefficient (Wildman–Crippen LogP) is 1.92. The molecule has 0 aliphatic heterocycles. The van der Waals surface area contributed by atoms with Crippen LogP contribution in [0, 0.1) is 0 Å². The second kappa shape index (κ2) is 3.94. The summed E-state index contributed by atoms with van der Waals surface area (Å²) in [5.74, 6) is -0.236. The summed E-state index contributed by atoms with van der Waals surface area (Å²) in [6.45, 7) is 0.619. The van der Waals surface area contributed by atoms with Gasteiger partial charge < -0.3 is 10.5 Å². The van der Waals surface area contributed by atoms with E-state index in [9.17, 15) is 4.79 Å². The van der Waals surface area contributed by atoms with Gasteiger partial charge in [0.25, 0.3) is 0 Å². The van der Waals surface area contributed by atoms with Crippen molar-refractivity contribution in [3.05, 3.63) is 21.9 Å². The predicted molar refractivity (Wildman–Crippen MR) is 60.2 cm³/mol. The number of thiophene rings is 1.